The number of hydrogen-bond donors (Lipinski definition) is 1. The molecular formula is C11H13F2N. The molecule has 1 N–H and O–H groups in total. The van der Waals surface area contributed by atoms with Crippen LogP contribution >= 0.6 is 0 Å². The Morgan fingerprint density at radius 2 is 2.14 bits per heavy atom. The van der Waals surface area contributed by atoms with Gasteiger partial charge in [0.1, 0.15) is 11.5 Å². The number of halogens is 2. The molecule has 2 rings (SSSR count). The maximum absolute atomic E-state index is 13.7. The molecule has 1 unspecified atom stereocenters. The number of hydrogen-bond acceptors (Lipinski definition) is 1. The molecule has 1 aliphatic heterocycles. The van der Waals surface area contributed by atoms with Crippen molar-refractivity contribution in [2.75, 3.05) is 11.9 Å². The third-order valence-electron chi connectivity index (χ3n) is 2.72. The monoisotopic (exact) mass is 197 g/mol. The standard InChI is InChI=1S/C11H13F2N/c1-11(2,13)9-6-14-10-5-7(12)3-4-8(9)10/h3-5,9,14H,6H2,1-2H3. The molecule has 14 heavy (non-hydrogen) atoms. The highest BCUT2D eigenvalue weighted by atomic mass is 19.1. The van der Waals surface area contributed by atoms with Gasteiger partial charge in [0.15, 0.2) is 0 Å². The minimum absolute atomic E-state index is 0.182. The number of alkyl halides is 1. The van der Waals surface area contributed by atoms with E-state index in [1.54, 1.807) is 19.9 Å². The van der Waals surface area contributed by atoms with Gasteiger partial charge < -0.3 is 5.32 Å². The largest absolute Gasteiger partial charge is 0.384 e. The number of fused-ring (bicyclic) bond motifs is 1. The summed E-state index contributed by atoms with van der Waals surface area (Å²) in [7, 11) is 0. The fraction of sp³-hybridized carbons (Fsp3) is 0.455. The lowest BCUT2D eigenvalue weighted by molar-refractivity contribution is 0.180. The van der Waals surface area contributed by atoms with Crippen LogP contribution in [-0.4, -0.2) is 12.2 Å². The van der Waals surface area contributed by atoms with Crippen molar-refractivity contribution in [1.82, 2.24) is 0 Å². The van der Waals surface area contributed by atoms with Crippen LogP contribution in [0, 0.1) is 5.82 Å². The van der Waals surface area contributed by atoms with Crippen LogP contribution in [0.2, 0.25) is 0 Å². The van der Waals surface area contributed by atoms with Gasteiger partial charge in [-0.1, -0.05) is 6.07 Å². The third-order valence-corrected chi connectivity index (χ3v) is 2.72. The third kappa shape index (κ3) is 1.47. The van der Waals surface area contributed by atoms with Crippen LogP contribution in [0.4, 0.5) is 14.5 Å². The summed E-state index contributed by atoms with van der Waals surface area (Å²) in [5.41, 5.74) is 0.329. The Morgan fingerprint density at radius 1 is 1.43 bits per heavy atom. The molecule has 1 aliphatic rings. The summed E-state index contributed by atoms with van der Waals surface area (Å²) in [5.74, 6) is -0.466. The first-order valence-corrected chi connectivity index (χ1v) is 4.71. The van der Waals surface area contributed by atoms with Crippen molar-refractivity contribution < 1.29 is 8.78 Å². The molecule has 3 heteroatoms. The predicted octanol–water partition coefficient (Wildman–Crippen LogP) is 3.08. The number of benzene rings is 1. The fourth-order valence-corrected chi connectivity index (χ4v) is 1.92. The van der Waals surface area contributed by atoms with E-state index in [-0.39, 0.29) is 11.7 Å². The molecule has 76 valence electrons. The van der Waals surface area contributed by atoms with Crippen LogP contribution in [-0.2, 0) is 0 Å². The fourth-order valence-electron chi connectivity index (χ4n) is 1.92. The van der Waals surface area contributed by atoms with Gasteiger partial charge >= 0.3 is 0 Å². The summed E-state index contributed by atoms with van der Waals surface area (Å²) in [4.78, 5) is 0. The molecule has 0 saturated heterocycles. The number of anilines is 1. The Hall–Kier alpha value is -1.12. The lowest BCUT2D eigenvalue weighted by atomic mass is 9.88. The molecule has 1 nitrogen and oxygen atoms in total. The van der Waals surface area contributed by atoms with Crippen LogP contribution in [0.15, 0.2) is 18.2 Å². The van der Waals surface area contributed by atoms with Crippen molar-refractivity contribution >= 4 is 5.69 Å². The van der Waals surface area contributed by atoms with E-state index in [4.69, 9.17) is 0 Å². The van der Waals surface area contributed by atoms with Gasteiger partial charge in [-0.25, -0.2) is 8.78 Å². The van der Waals surface area contributed by atoms with E-state index in [1.165, 1.54) is 12.1 Å². The molecule has 0 radical (unpaired) electrons. The maximum atomic E-state index is 13.7. The van der Waals surface area contributed by atoms with Gasteiger partial charge in [0.2, 0.25) is 0 Å². The molecule has 0 aromatic heterocycles. The van der Waals surface area contributed by atoms with Gasteiger partial charge in [-0.15, -0.1) is 0 Å². The second-order valence-electron chi connectivity index (χ2n) is 4.23. The molecule has 0 fully saturated rings. The SMILES string of the molecule is CC(C)(F)C1CNc2cc(F)ccc21. The first-order valence-electron chi connectivity index (χ1n) is 4.71. The molecule has 0 spiro atoms. The van der Waals surface area contributed by atoms with Crippen molar-refractivity contribution in [3.8, 4) is 0 Å². The van der Waals surface area contributed by atoms with Crippen molar-refractivity contribution in [2.24, 2.45) is 0 Å². The zero-order chi connectivity index (χ0) is 10.3. The Bertz CT molecular complexity index is 355. The van der Waals surface area contributed by atoms with Crippen LogP contribution in [0.1, 0.15) is 25.3 Å². The molecule has 1 aromatic carbocycles. The summed E-state index contributed by atoms with van der Waals surface area (Å²) in [6.07, 6.45) is 0. The Labute approximate surface area is 82.1 Å². The minimum Gasteiger partial charge on any atom is -0.384 e. The van der Waals surface area contributed by atoms with E-state index in [1.807, 2.05) is 0 Å². The molecule has 0 aliphatic carbocycles. The van der Waals surface area contributed by atoms with E-state index in [2.05, 4.69) is 5.32 Å². The van der Waals surface area contributed by atoms with Gasteiger partial charge in [-0.05, 0) is 31.5 Å². The zero-order valence-corrected chi connectivity index (χ0v) is 8.27. The summed E-state index contributed by atoms with van der Waals surface area (Å²) in [5, 5.41) is 3.02. The van der Waals surface area contributed by atoms with Crippen molar-refractivity contribution in [1.29, 1.82) is 0 Å². The van der Waals surface area contributed by atoms with Gasteiger partial charge in [-0.2, -0.15) is 0 Å². The van der Waals surface area contributed by atoms with Gasteiger partial charge in [0.25, 0.3) is 0 Å². The van der Waals surface area contributed by atoms with Crippen LogP contribution in [0.3, 0.4) is 0 Å². The lowest BCUT2D eigenvalue weighted by Gasteiger charge is -2.22. The van der Waals surface area contributed by atoms with Crippen molar-refractivity contribution in [2.45, 2.75) is 25.4 Å². The summed E-state index contributed by atoms with van der Waals surface area (Å²) < 4.78 is 26.6. The number of nitrogens with one attached hydrogen (secondary N) is 1. The number of rotatable bonds is 1. The predicted molar refractivity (Wildman–Crippen MR) is 52.8 cm³/mol. The summed E-state index contributed by atoms with van der Waals surface area (Å²) >= 11 is 0. The smallest absolute Gasteiger partial charge is 0.125 e. The van der Waals surface area contributed by atoms with Crippen LogP contribution < -0.4 is 5.32 Å². The van der Waals surface area contributed by atoms with E-state index >= 15 is 0 Å². The van der Waals surface area contributed by atoms with Gasteiger partial charge in [-0.3, -0.25) is 0 Å². The topological polar surface area (TPSA) is 12.0 Å². The maximum Gasteiger partial charge on any atom is 0.125 e. The van der Waals surface area contributed by atoms with E-state index < -0.39 is 5.67 Å². The molecule has 1 aromatic rings. The van der Waals surface area contributed by atoms with Crippen LogP contribution in [0.5, 0.6) is 0 Å². The second kappa shape index (κ2) is 2.94. The second-order valence-corrected chi connectivity index (χ2v) is 4.23. The first-order chi connectivity index (χ1) is 6.48. The Morgan fingerprint density at radius 3 is 2.79 bits per heavy atom. The highest BCUT2D eigenvalue weighted by molar-refractivity contribution is 5.58. The van der Waals surface area contributed by atoms with E-state index in [0.29, 0.717) is 6.54 Å². The Balaban J connectivity index is 2.41. The highest BCUT2D eigenvalue weighted by Gasteiger charge is 2.35. The normalized spacial score (nSPS) is 20.4. The lowest BCUT2D eigenvalue weighted by Crippen LogP contribution is -2.25. The minimum atomic E-state index is -1.27. The van der Waals surface area contributed by atoms with E-state index in [0.717, 1.165) is 11.3 Å². The Kier molecular flexibility index (Phi) is 1.98. The average molecular weight is 197 g/mol. The first kappa shape index (κ1) is 9.44. The zero-order valence-electron chi connectivity index (χ0n) is 8.27. The van der Waals surface area contributed by atoms with Crippen LogP contribution in [0.25, 0.3) is 0 Å². The molecule has 0 bridgehead atoms. The molecule has 0 saturated carbocycles. The highest BCUT2D eigenvalue weighted by Crippen LogP contribution is 2.40. The summed E-state index contributed by atoms with van der Waals surface area (Å²) in [6, 6.07) is 4.46. The molecule has 1 atom stereocenters. The molecular weight excluding hydrogens is 184 g/mol. The van der Waals surface area contributed by atoms with Gasteiger partial charge in [0, 0.05) is 18.2 Å². The average Bonchev–Trinajstić information content (AvgIpc) is 2.45. The quantitative estimate of drug-likeness (QED) is 0.729. The van der Waals surface area contributed by atoms with Gasteiger partial charge in [0.05, 0.1) is 0 Å². The van der Waals surface area contributed by atoms with E-state index in [9.17, 15) is 8.78 Å². The van der Waals surface area contributed by atoms with Crippen molar-refractivity contribution in [3.05, 3.63) is 29.6 Å². The summed E-state index contributed by atoms with van der Waals surface area (Å²) in [6.45, 7) is 3.65. The molecule has 1 heterocycles. The van der Waals surface area contributed by atoms with Crippen molar-refractivity contribution in [3.63, 3.8) is 0 Å². The molecule has 0 amide bonds.